The Balaban J connectivity index is 1.91. The smallest absolute Gasteiger partial charge is 0.125 e. The molecule has 0 radical (unpaired) electrons. The number of benzene rings is 1. The first-order valence-electron chi connectivity index (χ1n) is 6.93. The summed E-state index contributed by atoms with van der Waals surface area (Å²) in [6, 6.07) is 5.96. The Morgan fingerprint density at radius 3 is 3.05 bits per heavy atom. The third-order valence-electron chi connectivity index (χ3n) is 4.27. The second-order valence-electron chi connectivity index (χ2n) is 5.84. The number of rotatable bonds is 1. The van der Waals surface area contributed by atoms with Gasteiger partial charge in [0.25, 0.3) is 0 Å². The minimum absolute atomic E-state index is 0.0327. The van der Waals surface area contributed by atoms with Gasteiger partial charge >= 0.3 is 0 Å². The summed E-state index contributed by atoms with van der Waals surface area (Å²) >= 11 is 0. The largest absolute Gasteiger partial charge is 0.497 e. The van der Waals surface area contributed by atoms with E-state index in [-0.39, 0.29) is 11.6 Å². The molecule has 1 spiro atoms. The molecule has 2 aliphatic rings. The number of fused-ring (bicyclic) bond motifs is 1. The van der Waals surface area contributed by atoms with E-state index in [9.17, 15) is 0 Å². The van der Waals surface area contributed by atoms with Gasteiger partial charge in [-0.05, 0) is 44.6 Å². The highest BCUT2D eigenvalue weighted by molar-refractivity contribution is 5.44. The third-order valence-corrected chi connectivity index (χ3v) is 4.27. The van der Waals surface area contributed by atoms with E-state index >= 15 is 0 Å². The molecule has 2 N–H and O–H groups in total. The van der Waals surface area contributed by atoms with Crippen molar-refractivity contribution in [1.82, 2.24) is 4.90 Å². The first kappa shape index (κ1) is 12.8. The zero-order chi connectivity index (χ0) is 13.5. The monoisotopic (exact) mass is 262 g/mol. The highest BCUT2D eigenvalue weighted by Gasteiger charge is 2.42. The summed E-state index contributed by atoms with van der Waals surface area (Å²) in [7, 11) is 3.83. The van der Waals surface area contributed by atoms with Crippen LogP contribution in [0.4, 0.5) is 0 Å². The van der Waals surface area contributed by atoms with Crippen molar-refractivity contribution in [3.63, 3.8) is 0 Å². The van der Waals surface area contributed by atoms with Crippen molar-refractivity contribution in [1.29, 1.82) is 0 Å². The first-order valence-corrected chi connectivity index (χ1v) is 6.93. The Morgan fingerprint density at radius 1 is 1.47 bits per heavy atom. The van der Waals surface area contributed by atoms with Gasteiger partial charge in [-0.25, -0.2) is 0 Å². The first-order chi connectivity index (χ1) is 9.12. The average Bonchev–Trinajstić information content (AvgIpc) is 2.38. The molecule has 3 rings (SSSR count). The summed E-state index contributed by atoms with van der Waals surface area (Å²) in [5.74, 6) is 1.77. The maximum Gasteiger partial charge on any atom is 0.125 e. The van der Waals surface area contributed by atoms with Crippen LogP contribution in [-0.2, 0) is 0 Å². The molecule has 0 amide bonds. The molecule has 0 aliphatic carbocycles. The van der Waals surface area contributed by atoms with E-state index < -0.39 is 0 Å². The van der Waals surface area contributed by atoms with Gasteiger partial charge in [-0.2, -0.15) is 0 Å². The molecule has 4 heteroatoms. The number of hydrogen-bond donors (Lipinski definition) is 1. The quantitative estimate of drug-likeness (QED) is 0.840. The van der Waals surface area contributed by atoms with Gasteiger partial charge in [0.05, 0.1) is 7.11 Å². The highest BCUT2D eigenvalue weighted by atomic mass is 16.5. The SMILES string of the molecule is COc1ccc2c(c1)C(N)CC1(CCCN(C)C1)O2. The highest BCUT2D eigenvalue weighted by Crippen LogP contribution is 2.43. The molecule has 0 aromatic heterocycles. The molecule has 1 saturated heterocycles. The molecule has 104 valence electrons. The lowest BCUT2D eigenvalue weighted by molar-refractivity contribution is -0.0234. The van der Waals surface area contributed by atoms with Crippen molar-refractivity contribution in [2.45, 2.75) is 30.9 Å². The van der Waals surface area contributed by atoms with Crippen molar-refractivity contribution in [2.24, 2.45) is 5.73 Å². The molecule has 0 bridgehead atoms. The molecule has 2 aliphatic heterocycles. The Morgan fingerprint density at radius 2 is 2.32 bits per heavy atom. The number of nitrogens with two attached hydrogens (primary N) is 1. The van der Waals surface area contributed by atoms with Crippen LogP contribution in [-0.4, -0.2) is 37.7 Å². The fourth-order valence-electron chi connectivity index (χ4n) is 3.39. The molecule has 19 heavy (non-hydrogen) atoms. The second kappa shape index (κ2) is 4.69. The summed E-state index contributed by atoms with van der Waals surface area (Å²) in [6.07, 6.45) is 3.16. The Kier molecular flexibility index (Phi) is 3.15. The predicted octanol–water partition coefficient (Wildman–Crippen LogP) is 1.94. The van der Waals surface area contributed by atoms with Crippen LogP contribution in [0.5, 0.6) is 11.5 Å². The number of methoxy groups -OCH3 is 1. The second-order valence-corrected chi connectivity index (χ2v) is 5.84. The summed E-state index contributed by atoms with van der Waals surface area (Å²) in [5, 5.41) is 0. The van der Waals surface area contributed by atoms with Crippen LogP contribution in [0.15, 0.2) is 18.2 Å². The van der Waals surface area contributed by atoms with Gasteiger partial charge < -0.3 is 20.1 Å². The van der Waals surface area contributed by atoms with Crippen LogP contribution >= 0.6 is 0 Å². The van der Waals surface area contributed by atoms with Gasteiger partial charge in [-0.15, -0.1) is 0 Å². The van der Waals surface area contributed by atoms with Gasteiger partial charge in [0.15, 0.2) is 0 Å². The number of likely N-dealkylation sites (tertiary alicyclic amines) is 1. The normalized spacial score (nSPS) is 30.8. The lowest BCUT2D eigenvalue weighted by Gasteiger charge is -2.46. The van der Waals surface area contributed by atoms with Gasteiger partial charge in [0, 0.05) is 24.6 Å². The van der Waals surface area contributed by atoms with E-state index in [1.165, 1.54) is 6.42 Å². The number of hydrogen-bond acceptors (Lipinski definition) is 4. The lowest BCUT2D eigenvalue weighted by atomic mass is 9.82. The zero-order valence-corrected chi connectivity index (χ0v) is 11.7. The molecule has 2 atom stereocenters. The van der Waals surface area contributed by atoms with E-state index in [0.717, 1.165) is 43.0 Å². The van der Waals surface area contributed by atoms with E-state index in [1.54, 1.807) is 7.11 Å². The topological polar surface area (TPSA) is 47.7 Å². The molecule has 0 saturated carbocycles. The van der Waals surface area contributed by atoms with E-state index in [0.29, 0.717) is 0 Å². The molecule has 1 fully saturated rings. The van der Waals surface area contributed by atoms with Gasteiger partial charge in [-0.3, -0.25) is 0 Å². The van der Waals surface area contributed by atoms with Crippen molar-refractivity contribution < 1.29 is 9.47 Å². The van der Waals surface area contributed by atoms with Gasteiger partial charge in [0.2, 0.25) is 0 Å². The van der Waals surface area contributed by atoms with Crippen LogP contribution in [0.1, 0.15) is 30.9 Å². The Hall–Kier alpha value is -1.26. The molecular formula is C15H22N2O2. The van der Waals surface area contributed by atoms with Crippen LogP contribution in [0.2, 0.25) is 0 Å². The van der Waals surface area contributed by atoms with Crippen LogP contribution < -0.4 is 15.2 Å². The van der Waals surface area contributed by atoms with E-state index in [4.69, 9.17) is 15.2 Å². The molecular weight excluding hydrogens is 240 g/mol. The number of piperidine rings is 1. The molecule has 1 aromatic carbocycles. The standard InChI is InChI=1S/C15H22N2O2/c1-17-7-3-6-15(10-17)9-13(16)12-8-11(18-2)4-5-14(12)19-15/h4-5,8,13H,3,6-7,9-10,16H2,1-2H3. The molecule has 1 aromatic rings. The Bertz CT molecular complexity index is 477. The third kappa shape index (κ3) is 2.30. The Labute approximate surface area is 114 Å². The van der Waals surface area contributed by atoms with Crippen molar-refractivity contribution in [2.75, 3.05) is 27.2 Å². The average molecular weight is 262 g/mol. The summed E-state index contributed by atoms with van der Waals surface area (Å²) in [5.41, 5.74) is 7.33. The number of likely N-dealkylation sites (N-methyl/N-ethyl adjacent to an activating group) is 1. The van der Waals surface area contributed by atoms with Crippen molar-refractivity contribution in [3.05, 3.63) is 23.8 Å². The van der Waals surface area contributed by atoms with Gasteiger partial charge in [0.1, 0.15) is 17.1 Å². The molecule has 2 unspecified atom stereocenters. The zero-order valence-electron chi connectivity index (χ0n) is 11.7. The van der Waals surface area contributed by atoms with Crippen LogP contribution in [0.25, 0.3) is 0 Å². The van der Waals surface area contributed by atoms with Crippen LogP contribution in [0.3, 0.4) is 0 Å². The maximum atomic E-state index is 6.37. The lowest BCUT2D eigenvalue weighted by Crippen LogP contribution is -2.53. The van der Waals surface area contributed by atoms with E-state index in [2.05, 4.69) is 11.9 Å². The fraction of sp³-hybridized carbons (Fsp3) is 0.600. The fourth-order valence-corrected chi connectivity index (χ4v) is 3.39. The molecule has 2 heterocycles. The van der Waals surface area contributed by atoms with Crippen molar-refractivity contribution >= 4 is 0 Å². The summed E-state index contributed by atoms with van der Waals surface area (Å²) in [6.45, 7) is 2.11. The van der Waals surface area contributed by atoms with Crippen molar-refractivity contribution in [3.8, 4) is 11.5 Å². The summed E-state index contributed by atoms with van der Waals surface area (Å²) < 4.78 is 11.6. The molecule has 4 nitrogen and oxygen atoms in total. The number of nitrogens with zero attached hydrogens (tertiary/aromatic N) is 1. The minimum atomic E-state index is -0.103. The number of ether oxygens (including phenoxy) is 2. The van der Waals surface area contributed by atoms with E-state index in [1.807, 2.05) is 18.2 Å². The minimum Gasteiger partial charge on any atom is -0.497 e. The van der Waals surface area contributed by atoms with Crippen LogP contribution in [0, 0.1) is 0 Å². The summed E-state index contributed by atoms with van der Waals surface area (Å²) in [4.78, 5) is 2.34. The maximum absolute atomic E-state index is 6.37. The van der Waals surface area contributed by atoms with Gasteiger partial charge in [-0.1, -0.05) is 0 Å². The predicted molar refractivity (Wildman–Crippen MR) is 74.6 cm³/mol.